The van der Waals surface area contributed by atoms with Crippen molar-refractivity contribution in [3.63, 3.8) is 0 Å². The van der Waals surface area contributed by atoms with E-state index in [0.717, 1.165) is 5.56 Å². The number of hydrogen-bond acceptors (Lipinski definition) is 7. The van der Waals surface area contributed by atoms with Crippen molar-refractivity contribution in [3.8, 4) is 17.4 Å². The monoisotopic (exact) mass is 419 g/mol. The lowest BCUT2D eigenvalue weighted by molar-refractivity contribution is -0.386. The Bertz CT molecular complexity index is 1280. The number of furan rings is 1. The first-order valence-corrected chi connectivity index (χ1v) is 9.07. The molecule has 0 unspecified atom stereocenters. The van der Waals surface area contributed by atoms with Crippen LogP contribution >= 0.6 is 0 Å². The molecule has 3 rings (SSSR count). The number of ether oxygens (including phenoxy) is 1. The van der Waals surface area contributed by atoms with Crippen LogP contribution in [0.5, 0.6) is 0 Å². The van der Waals surface area contributed by atoms with Gasteiger partial charge in [-0.1, -0.05) is 24.3 Å². The third-order valence-corrected chi connectivity index (χ3v) is 4.52. The standard InChI is InChI=1S/C22H17N3O6/c1-13(26)14-3-5-15(6-4-14)20-10-8-16(31-20)7-9-19-21(25(28)29)18(12-30-2)17(11-23)22(27)24-19/h3-10H,12H2,1-2H3,(H,24,27)/b9-7+. The summed E-state index contributed by atoms with van der Waals surface area (Å²) < 4.78 is 10.7. The number of aromatic amines is 1. The van der Waals surface area contributed by atoms with Gasteiger partial charge in [0.25, 0.3) is 11.2 Å². The molecule has 0 bridgehead atoms. The van der Waals surface area contributed by atoms with Gasteiger partial charge in [0.1, 0.15) is 28.8 Å². The molecule has 31 heavy (non-hydrogen) atoms. The van der Waals surface area contributed by atoms with Gasteiger partial charge in [-0.15, -0.1) is 0 Å². The summed E-state index contributed by atoms with van der Waals surface area (Å²) >= 11 is 0. The summed E-state index contributed by atoms with van der Waals surface area (Å²) in [6.07, 6.45) is 2.80. The topological polar surface area (TPSA) is 139 Å². The molecule has 0 spiro atoms. The number of nitrogens with zero attached hydrogens (tertiary/aromatic N) is 2. The van der Waals surface area contributed by atoms with Gasteiger partial charge in [0, 0.05) is 18.2 Å². The first-order valence-electron chi connectivity index (χ1n) is 9.07. The minimum Gasteiger partial charge on any atom is -0.457 e. The van der Waals surface area contributed by atoms with Crippen LogP contribution in [0.25, 0.3) is 23.5 Å². The van der Waals surface area contributed by atoms with E-state index in [1.54, 1.807) is 42.5 Å². The van der Waals surface area contributed by atoms with Crippen molar-refractivity contribution in [2.24, 2.45) is 0 Å². The maximum Gasteiger partial charge on any atom is 0.299 e. The van der Waals surface area contributed by atoms with Crippen molar-refractivity contribution < 1.29 is 18.9 Å². The van der Waals surface area contributed by atoms with E-state index in [1.165, 1.54) is 26.2 Å². The lowest BCUT2D eigenvalue weighted by atomic mass is 10.1. The number of pyridine rings is 1. The largest absolute Gasteiger partial charge is 0.457 e. The van der Waals surface area contributed by atoms with Gasteiger partial charge >= 0.3 is 0 Å². The molecule has 3 aromatic rings. The zero-order valence-corrected chi connectivity index (χ0v) is 16.7. The zero-order valence-electron chi connectivity index (χ0n) is 16.7. The van der Waals surface area contributed by atoms with Gasteiger partial charge < -0.3 is 14.1 Å². The number of nitrogens with one attached hydrogen (secondary N) is 1. The third kappa shape index (κ3) is 4.49. The molecule has 9 heteroatoms. The van der Waals surface area contributed by atoms with Gasteiger partial charge in [0.05, 0.1) is 17.1 Å². The molecule has 9 nitrogen and oxygen atoms in total. The Balaban J connectivity index is 1.97. The van der Waals surface area contributed by atoms with E-state index in [0.29, 0.717) is 17.1 Å². The fraction of sp³-hybridized carbons (Fsp3) is 0.136. The minimum absolute atomic E-state index is 0.0412. The van der Waals surface area contributed by atoms with Crippen LogP contribution in [0.15, 0.2) is 45.6 Å². The summed E-state index contributed by atoms with van der Waals surface area (Å²) in [5.41, 5.74) is -0.357. The predicted octanol–water partition coefficient (Wildman–Crippen LogP) is 3.93. The molecule has 0 amide bonds. The Morgan fingerprint density at radius 1 is 1.26 bits per heavy atom. The van der Waals surface area contributed by atoms with Crippen molar-refractivity contribution in [1.82, 2.24) is 4.98 Å². The van der Waals surface area contributed by atoms with Gasteiger partial charge in [-0.2, -0.15) is 5.26 Å². The lowest BCUT2D eigenvalue weighted by Gasteiger charge is -2.06. The number of nitro groups is 1. The Kier molecular flexibility index (Phi) is 6.23. The highest BCUT2D eigenvalue weighted by molar-refractivity contribution is 5.94. The third-order valence-electron chi connectivity index (χ3n) is 4.52. The number of methoxy groups -OCH3 is 1. The number of Topliss-reactive ketones (excluding diaryl/α,β-unsaturated/α-hetero) is 1. The van der Waals surface area contributed by atoms with Gasteiger partial charge in [-0.05, 0) is 31.2 Å². The first kappa shape index (κ1) is 21.4. The number of benzene rings is 1. The summed E-state index contributed by atoms with van der Waals surface area (Å²) in [6, 6.07) is 12.0. The fourth-order valence-electron chi connectivity index (χ4n) is 3.03. The number of ketones is 1. The fourth-order valence-corrected chi connectivity index (χ4v) is 3.03. The molecule has 156 valence electrons. The van der Waals surface area contributed by atoms with Gasteiger partial charge in [-0.3, -0.25) is 19.7 Å². The number of nitriles is 1. The molecule has 0 radical (unpaired) electrons. The highest BCUT2D eigenvalue weighted by atomic mass is 16.6. The van der Waals surface area contributed by atoms with Crippen LogP contribution in [0, 0.1) is 21.4 Å². The van der Waals surface area contributed by atoms with E-state index in [4.69, 9.17) is 9.15 Å². The van der Waals surface area contributed by atoms with Gasteiger partial charge in [0.15, 0.2) is 5.78 Å². The van der Waals surface area contributed by atoms with Gasteiger partial charge in [-0.25, -0.2) is 0 Å². The van der Waals surface area contributed by atoms with Crippen molar-refractivity contribution >= 4 is 23.6 Å². The Hall–Kier alpha value is -4.29. The number of carbonyl (C=O) groups excluding carboxylic acids is 1. The molecule has 1 N–H and O–H groups in total. The minimum atomic E-state index is -0.745. The SMILES string of the molecule is COCc1c([N+](=O)[O-])c(/C=C/c2ccc(-c3ccc(C(C)=O)cc3)o2)[nH]c(=O)c1C#N. The smallest absolute Gasteiger partial charge is 0.299 e. The summed E-state index contributed by atoms with van der Waals surface area (Å²) in [7, 11) is 1.31. The maximum absolute atomic E-state index is 12.2. The summed E-state index contributed by atoms with van der Waals surface area (Å²) in [4.78, 5) is 36.9. The predicted molar refractivity (Wildman–Crippen MR) is 112 cm³/mol. The van der Waals surface area contributed by atoms with Gasteiger partial charge in [0.2, 0.25) is 0 Å². The highest BCUT2D eigenvalue weighted by Crippen LogP contribution is 2.27. The molecule has 0 aliphatic rings. The van der Waals surface area contributed by atoms with Crippen LogP contribution in [0.2, 0.25) is 0 Å². The molecule has 0 saturated heterocycles. The summed E-state index contributed by atoms with van der Waals surface area (Å²) in [6.45, 7) is 1.22. The quantitative estimate of drug-likeness (QED) is 0.347. The molecule has 0 aliphatic carbocycles. The van der Waals surface area contributed by atoms with E-state index in [9.17, 15) is 25.0 Å². The van der Waals surface area contributed by atoms with Crippen molar-refractivity contribution in [1.29, 1.82) is 5.26 Å². The molecule has 2 heterocycles. The molecular weight excluding hydrogens is 402 g/mol. The summed E-state index contributed by atoms with van der Waals surface area (Å²) in [5.74, 6) is 0.886. The Morgan fingerprint density at radius 2 is 1.97 bits per heavy atom. The van der Waals surface area contributed by atoms with Crippen LogP contribution < -0.4 is 5.56 Å². The normalized spacial score (nSPS) is 10.9. The maximum atomic E-state index is 12.2. The van der Waals surface area contributed by atoms with Crippen LogP contribution in [0.3, 0.4) is 0 Å². The lowest BCUT2D eigenvalue weighted by Crippen LogP contribution is -2.18. The van der Waals surface area contributed by atoms with E-state index >= 15 is 0 Å². The van der Waals surface area contributed by atoms with E-state index in [2.05, 4.69) is 4.98 Å². The molecule has 0 aliphatic heterocycles. The Labute approximate surface area is 176 Å². The molecule has 0 saturated carbocycles. The number of H-pyrrole nitrogens is 1. The van der Waals surface area contributed by atoms with Crippen molar-refractivity contribution in [3.05, 3.63) is 85.0 Å². The Morgan fingerprint density at radius 3 is 2.55 bits per heavy atom. The van der Waals surface area contributed by atoms with Crippen LogP contribution in [0.1, 0.15) is 39.9 Å². The average Bonchev–Trinajstić information content (AvgIpc) is 3.21. The zero-order chi connectivity index (χ0) is 22.5. The number of aromatic nitrogens is 1. The molecular formula is C22H17N3O6. The number of rotatable bonds is 7. The van der Waals surface area contributed by atoms with Crippen molar-refractivity contribution in [2.75, 3.05) is 7.11 Å². The van der Waals surface area contributed by atoms with Crippen LogP contribution in [-0.2, 0) is 11.3 Å². The second-order valence-corrected chi connectivity index (χ2v) is 6.54. The molecule has 2 aromatic heterocycles. The van der Waals surface area contributed by atoms with E-state index < -0.39 is 16.2 Å². The molecule has 1 aromatic carbocycles. The second kappa shape index (κ2) is 9.02. The number of hydrogen-bond donors (Lipinski definition) is 1. The number of carbonyl (C=O) groups is 1. The average molecular weight is 419 g/mol. The highest BCUT2D eigenvalue weighted by Gasteiger charge is 2.25. The molecule has 0 atom stereocenters. The second-order valence-electron chi connectivity index (χ2n) is 6.54. The van der Waals surface area contributed by atoms with Crippen LogP contribution in [0.4, 0.5) is 5.69 Å². The summed E-state index contributed by atoms with van der Waals surface area (Å²) in [5, 5.41) is 20.8. The van der Waals surface area contributed by atoms with E-state index in [-0.39, 0.29) is 29.2 Å². The van der Waals surface area contributed by atoms with Crippen LogP contribution in [-0.4, -0.2) is 22.8 Å². The first-order chi connectivity index (χ1) is 14.8. The van der Waals surface area contributed by atoms with Crippen molar-refractivity contribution in [2.45, 2.75) is 13.5 Å². The van der Waals surface area contributed by atoms with E-state index in [1.807, 2.05) is 0 Å². The molecule has 0 fully saturated rings.